The zero-order valence-corrected chi connectivity index (χ0v) is 9.22. The van der Waals surface area contributed by atoms with E-state index in [4.69, 9.17) is 0 Å². The van der Waals surface area contributed by atoms with E-state index >= 15 is 0 Å². The van der Waals surface area contributed by atoms with E-state index in [2.05, 4.69) is 0 Å². The topological polar surface area (TPSA) is 20.3 Å². The van der Waals surface area contributed by atoms with Crippen molar-refractivity contribution < 1.29 is 22.4 Å². The first kappa shape index (κ1) is 13.3. The molecule has 0 aromatic heterocycles. The molecule has 1 heterocycles. The van der Waals surface area contributed by atoms with Crippen molar-refractivity contribution in [1.29, 1.82) is 0 Å². The lowest BCUT2D eigenvalue weighted by Gasteiger charge is -2.36. The van der Waals surface area contributed by atoms with E-state index in [1.807, 2.05) is 13.8 Å². The maximum absolute atomic E-state index is 12.8. The molecule has 1 aliphatic rings. The number of amides is 1. The van der Waals surface area contributed by atoms with Crippen LogP contribution < -0.4 is 0 Å². The van der Waals surface area contributed by atoms with E-state index in [0.717, 1.165) is 11.3 Å². The van der Waals surface area contributed by atoms with Crippen LogP contribution in [0.3, 0.4) is 0 Å². The number of nitrogens with zero attached hydrogens (tertiary/aromatic N) is 1. The van der Waals surface area contributed by atoms with Gasteiger partial charge in [0.1, 0.15) is 0 Å². The molecule has 2 nitrogen and oxygen atoms in total. The molecule has 0 saturated carbocycles. The number of rotatable bonds is 2. The number of carbonyl (C=O) groups excluding carboxylic acids is 1. The lowest BCUT2D eigenvalue weighted by Crippen LogP contribution is -2.52. The quantitative estimate of drug-likeness (QED) is 0.680. The number of halogens is 4. The molecule has 0 N–H and O–H groups in total. The highest BCUT2D eigenvalue weighted by Crippen LogP contribution is 2.29. The van der Waals surface area contributed by atoms with Crippen molar-refractivity contribution >= 4 is 5.91 Å². The highest BCUT2D eigenvalue weighted by atomic mass is 19.3. The van der Waals surface area contributed by atoms with Crippen molar-refractivity contribution in [3.63, 3.8) is 0 Å². The molecule has 0 bridgehead atoms. The predicted molar refractivity (Wildman–Crippen MR) is 50.5 cm³/mol. The van der Waals surface area contributed by atoms with Crippen molar-refractivity contribution in [3.05, 3.63) is 0 Å². The standard InChI is InChI=1S/C10H15F4NO/c1-6-3-7(2)5-15(4-6)9(16)10(13,14)8(11)12/h6-8H,3-5H2,1-2H3. The van der Waals surface area contributed by atoms with Gasteiger partial charge in [0.15, 0.2) is 0 Å². The largest absolute Gasteiger partial charge is 0.383 e. The molecule has 2 unspecified atom stereocenters. The number of likely N-dealkylation sites (tertiary alicyclic amines) is 1. The zero-order valence-electron chi connectivity index (χ0n) is 9.22. The lowest BCUT2D eigenvalue weighted by atomic mass is 9.91. The van der Waals surface area contributed by atoms with Crippen LogP contribution in [0.1, 0.15) is 20.3 Å². The Bertz CT molecular complexity index is 260. The van der Waals surface area contributed by atoms with Crippen molar-refractivity contribution in [2.45, 2.75) is 32.6 Å². The van der Waals surface area contributed by atoms with Gasteiger partial charge in [-0.2, -0.15) is 8.78 Å². The van der Waals surface area contributed by atoms with Crippen LogP contribution in [-0.2, 0) is 4.79 Å². The Labute approximate surface area is 91.6 Å². The van der Waals surface area contributed by atoms with E-state index in [-0.39, 0.29) is 24.9 Å². The van der Waals surface area contributed by atoms with Gasteiger partial charge in [0.2, 0.25) is 0 Å². The molecular formula is C10H15F4NO. The number of alkyl halides is 4. The normalized spacial score (nSPS) is 27.3. The second kappa shape index (κ2) is 4.59. The van der Waals surface area contributed by atoms with Crippen molar-refractivity contribution in [1.82, 2.24) is 4.90 Å². The first-order valence-corrected chi connectivity index (χ1v) is 5.20. The summed E-state index contributed by atoms with van der Waals surface area (Å²) in [6, 6.07) is 0. The van der Waals surface area contributed by atoms with E-state index in [1.54, 1.807) is 0 Å². The molecule has 0 aliphatic carbocycles. The monoisotopic (exact) mass is 241 g/mol. The average Bonchev–Trinajstić information content (AvgIpc) is 2.14. The zero-order chi connectivity index (χ0) is 12.5. The lowest BCUT2D eigenvalue weighted by molar-refractivity contribution is -0.183. The maximum Gasteiger partial charge on any atom is 0.383 e. The smallest absolute Gasteiger partial charge is 0.337 e. The molecule has 94 valence electrons. The van der Waals surface area contributed by atoms with Crippen molar-refractivity contribution in [2.24, 2.45) is 11.8 Å². The fraction of sp³-hybridized carbons (Fsp3) is 0.900. The molecule has 1 amide bonds. The number of hydrogen-bond acceptors (Lipinski definition) is 1. The Kier molecular flexibility index (Phi) is 3.80. The van der Waals surface area contributed by atoms with Gasteiger partial charge in [-0.05, 0) is 18.3 Å². The molecule has 2 atom stereocenters. The van der Waals surface area contributed by atoms with Crippen LogP contribution in [0, 0.1) is 11.8 Å². The van der Waals surface area contributed by atoms with Crippen LogP contribution in [0.2, 0.25) is 0 Å². The molecule has 1 rings (SSSR count). The Morgan fingerprint density at radius 1 is 1.25 bits per heavy atom. The molecule has 0 spiro atoms. The maximum atomic E-state index is 12.8. The molecule has 1 aliphatic heterocycles. The van der Waals surface area contributed by atoms with Crippen LogP contribution in [0.15, 0.2) is 0 Å². The Morgan fingerprint density at radius 3 is 2.06 bits per heavy atom. The molecule has 6 heteroatoms. The van der Waals surface area contributed by atoms with Gasteiger partial charge in [-0.3, -0.25) is 4.79 Å². The second-order valence-corrected chi connectivity index (χ2v) is 4.58. The molecular weight excluding hydrogens is 226 g/mol. The summed E-state index contributed by atoms with van der Waals surface area (Å²) in [4.78, 5) is 12.1. The van der Waals surface area contributed by atoms with Crippen LogP contribution in [0.5, 0.6) is 0 Å². The third-order valence-corrected chi connectivity index (χ3v) is 2.72. The molecule has 0 aromatic rings. The summed E-state index contributed by atoms with van der Waals surface area (Å²) in [7, 11) is 0. The summed E-state index contributed by atoms with van der Waals surface area (Å²) < 4.78 is 49.7. The van der Waals surface area contributed by atoms with E-state index in [9.17, 15) is 22.4 Å². The Morgan fingerprint density at radius 2 is 1.69 bits per heavy atom. The first-order valence-electron chi connectivity index (χ1n) is 5.20. The molecule has 0 radical (unpaired) electrons. The van der Waals surface area contributed by atoms with Crippen LogP contribution in [0.25, 0.3) is 0 Å². The van der Waals surface area contributed by atoms with Crippen LogP contribution >= 0.6 is 0 Å². The van der Waals surface area contributed by atoms with Crippen LogP contribution in [-0.4, -0.2) is 36.2 Å². The van der Waals surface area contributed by atoms with Gasteiger partial charge in [0.25, 0.3) is 5.91 Å². The minimum absolute atomic E-state index is 0.0705. The Hall–Kier alpha value is -0.810. The van der Waals surface area contributed by atoms with Gasteiger partial charge < -0.3 is 4.90 Å². The fourth-order valence-corrected chi connectivity index (χ4v) is 2.13. The van der Waals surface area contributed by atoms with E-state index in [0.29, 0.717) is 0 Å². The molecule has 0 aromatic carbocycles. The first-order chi connectivity index (χ1) is 7.25. The van der Waals surface area contributed by atoms with Gasteiger partial charge in [0.05, 0.1) is 0 Å². The van der Waals surface area contributed by atoms with E-state index < -0.39 is 18.3 Å². The third kappa shape index (κ3) is 2.65. The molecule has 1 fully saturated rings. The summed E-state index contributed by atoms with van der Waals surface area (Å²) in [5.74, 6) is -6.17. The van der Waals surface area contributed by atoms with Crippen LogP contribution in [0.4, 0.5) is 17.6 Å². The van der Waals surface area contributed by atoms with Crippen molar-refractivity contribution in [2.75, 3.05) is 13.1 Å². The molecule has 16 heavy (non-hydrogen) atoms. The minimum Gasteiger partial charge on any atom is -0.337 e. The summed E-state index contributed by atoms with van der Waals surface area (Å²) in [6.07, 6.45) is -3.11. The number of carbonyl (C=O) groups is 1. The van der Waals surface area contributed by atoms with Gasteiger partial charge in [0, 0.05) is 13.1 Å². The molecule has 1 saturated heterocycles. The summed E-state index contributed by atoms with van der Waals surface area (Å²) in [5.41, 5.74) is 0. The highest BCUT2D eigenvalue weighted by molar-refractivity contribution is 5.84. The van der Waals surface area contributed by atoms with E-state index in [1.165, 1.54) is 0 Å². The van der Waals surface area contributed by atoms with Gasteiger partial charge in [-0.15, -0.1) is 0 Å². The predicted octanol–water partition coefficient (Wildman–Crippen LogP) is 2.39. The summed E-state index contributed by atoms with van der Waals surface area (Å²) in [5, 5.41) is 0. The summed E-state index contributed by atoms with van der Waals surface area (Å²) >= 11 is 0. The Balaban J connectivity index is 2.74. The second-order valence-electron chi connectivity index (χ2n) is 4.58. The fourth-order valence-electron chi connectivity index (χ4n) is 2.13. The third-order valence-electron chi connectivity index (χ3n) is 2.72. The van der Waals surface area contributed by atoms with Gasteiger partial charge in [-0.1, -0.05) is 13.8 Å². The highest BCUT2D eigenvalue weighted by Gasteiger charge is 2.51. The van der Waals surface area contributed by atoms with Gasteiger partial charge >= 0.3 is 12.3 Å². The number of hydrogen-bond donors (Lipinski definition) is 0. The number of piperidine rings is 1. The average molecular weight is 241 g/mol. The van der Waals surface area contributed by atoms with Crippen molar-refractivity contribution in [3.8, 4) is 0 Å². The minimum atomic E-state index is -4.56. The SMILES string of the molecule is CC1CC(C)CN(C(=O)C(F)(F)C(F)F)C1. The van der Waals surface area contributed by atoms with Gasteiger partial charge in [-0.25, -0.2) is 8.78 Å². The summed E-state index contributed by atoms with van der Waals surface area (Å²) in [6.45, 7) is 3.89.